The zero-order valence-electron chi connectivity index (χ0n) is 14.8. The molecule has 2 aliphatic rings. The maximum atomic E-state index is 12.7. The van der Waals surface area contributed by atoms with Gasteiger partial charge in [0.25, 0.3) is 0 Å². The number of nitrogens with zero attached hydrogens (tertiary/aromatic N) is 1. The average molecular weight is 351 g/mol. The van der Waals surface area contributed by atoms with Crippen LogP contribution >= 0.6 is 0 Å². The summed E-state index contributed by atoms with van der Waals surface area (Å²) in [7, 11) is 0. The Morgan fingerprint density at radius 2 is 1.73 bits per heavy atom. The summed E-state index contributed by atoms with van der Waals surface area (Å²) >= 11 is 0. The van der Waals surface area contributed by atoms with E-state index in [0.29, 0.717) is 0 Å². The number of benzene rings is 2. The Kier molecular flexibility index (Phi) is 4.04. The second-order valence-corrected chi connectivity index (χ2v) is 7.14. The van der Waals surface area contributed by atoms with E-state index >= 15 is 0 Å². The van der Waals surface area contributed by atoms with Gasteiger partial charge in [0.05, 0.1) is 6.61 Å². The van der Waals surface area contributed by atoms with Gasteiger partial charge in [-0.3, -0.25) is 4.90 Å². The molecule has 0 bridgehead atoms. The lowest BCUT2D eigenvalue weighted by atomic mass is 9.98. The molecule has 2 aromatic rings. The fraction of sp³-hybridized carbons (Fsp3) is 0.333. The monoisotopic (exact) mass is 351 g/mol. The van der Waals surface area contributed by atoms with E-state index in [2.05, 4.69) is 24.3 Å². The molecule has 1 saturated heterocycles. The fourth-order valence-electron chi connectivity index (χ4n) is 3.95. The van der Waals surface area contributed by atoms with Crippen molar-refractivity contribution in [2.45, 2.75) is 31.5 Å². The van der Waals surface area contributed by atoms with E-state index in [9.17, 15) is 9.59 Å². The van der Waals surface area contributed by atoms with Crippen LogP contribution < -0.4 is 0 Å². The number of aldehydes is 1. The van der Waals surface area contributed by atoms with Gasteiger partial charge in [0.15, 0.2) is 0 Å². The Morgan fingerprint density at radius 3 is 2.31 bits per heavy atom. The number of fused-ring (bicyclic) bond motifs is 3. The van der Waals surface area contributed by atoms with Gasteiger partial charge in [-0.25, -0.2) is 4.79 Å². The summed E-state index contributed by atoms with van der Waals surface area (Å²) in [6.07, 6.45) is 0.211. The third-order valence-electron chi connectivity index (χ3n) is 5.21. The number of ether oxygens (including phenoxy) is 2. The summed E-state index contributed by atoms with van der Waals surface area (Å²) in [5.41, 5.74) is 3.82. The van der Waals surface area contributed by atoms with Crippen molar-refractivity contribution >= 4 is 12.4 Å². The molecule has 26 heavy (non-hydrogen) atoms. The fourth-order valence-corrected chi connectivity index (χ4v) is 3.95. The first-order valence-corrected chi connectivity index (χ1v) is 8.76. The van der Waals surface area contributed by atoms with Gasteiger partial charge in [0, 0.05) is 5.92 Å². The Bertz CT molecular complexity index is 815. The number of hydrogen-bond donors (Lipinski definition) is 0. The summed E-state index contributed by atoms with van der Waals surface area (Å²) in [5, 5.41) is 0. The molecule has 1 atom stereocenters. The first-order valence-electron chi connectivity index (χ1n) is 8.76. The first kappa shape index (κ1) is 16.8. The Labute approximate surface area is 152 Å². The molecule has 134 valence electrons. The summed E-state index contributed by atoms with van der Waals surface area (Å²) in [4.78, 5) is 25.3. The number of amides is 1. The highest BCUT2D eigenvalue weighted by atomic mass is 16.6. The molecule has 0 spiro atoms. The molecule has 4 rings (SSSR count). The van der Waals surface area contributed by atoms with Crippen LogP contribution in [-0.2, 0) is 14.3 Å². The van der Waals surface area contributed by atoms with E-state index < -0.39 is 17.9 Å². The summed E-state index contributed by atoms with van der Waals surface area (Å²) in [6, 6.07) is 15.8. The molecule has 0 saturated carbocycles. The van der Waals surface area contributed by atoms with Gasteiger partial charge in [-0.2, -0.15) is 0 Å². The lowest BCUT2D eigenvalue weighted by molar-refractivity contribution is -0.112. The van der Waals surface area contributed by atoms with Gasteiger partial charge in [0.2, 0.25) is 0 Å². The molecular weight excluding hydrogens is 330 g/mol. The van der Waals surface area contributed by atoms with Gasteiger partial charge < -0.3 is 14.3 Å². The standard InChI is InChI=1S/C21H21NO4/c1-21(2)22(14(11-23)12-26-21)20(24)25-13-19-17-9-5-3-7-15(17)16-8-4-6-10-18(16)19/h3-11,14,19H,12-13H2,1-2H3/t14-/m0/s1. The smallest absolute Gasteiger partial charge is 0.412 e. The topological polar surface area (TPSA) is 55.8 Å². The Hall–Kier alpha value is -2.66. The highest BCUT2D eigenvalue weighted by molar-refractivity contribution is 5.79. The van der Waals surface area contributed by atoms with Gasteiger partial charge in [-0.05, 0) is 36.1 Å². The van der Waals surface area contributed by atoms with Gasteiger partial charge in [-0.1, -0.05) is 48.5 Å². The lowest BCUT2D eigenvalue weighted by Crippen LogP contribution is -2.48. The van der Waals surface area contributed by atoms with E-state index in [1.807, 2.05) is 24.3 Å². The second kappa shape index (κ2) is 6.25. The molecule has 0 unspecified atom stereocenters. The van der Waals surface area contributed by atoms with Crippen LogP contribution in [0.5, 0.6) is 0 Å². The molecule has 5 nitrogen and oxygen atoms in total. The van der Waals surface area contributed by atoms with Crippen molar-refractivity contribution < 1.29 is 19.1 Å². The van der Waals surface area contributed by atoms with E-state index in [4.69, 9.17) is 9.47 Å². The minimum absolute atomic E-state index is 0.00679. The first-order chi connectivity index (χ1) is 12.5. The molecule has 0 aromatic heterocycles. The molecule has 0 radical (unpaired) electrons. The van der Waals surface area contributed by atoms with Crippen molar-refractivity contribution in [2.24, 2.45) is 0 Å². The minimum atomic E-state index is -0.853. The number of carbonyl (C=O) groups is 2. The molecule has 0 N–H and O–H groups in total. The predicted molar refractivity (Wildman–Crippen MR) is 96.8 cm³/mol. The van der Waals surface area contributed by atoms with Crippen LogP contribution in [0.4, 0.5) is 4.79 Å². The summed E-state index contributed by atoms with van der Waals surface area (Å²) in [6.45, 7) is 3.95. The van der Waals surface area contributed by atoms with Crippen LogP contribution in [0.3, 0.4) is 0 Å². The van der Waals surface area contributed by atoms with Crippen molar-refractivity contribution in [3.05, 3.63) is 59.7 Å². The van der Waals surface area contributed by atoms with Crippen molar-refractivity contribution in [2.75, 3.05) is 13.2 Å². The molecule has 1 aliphatic heterocycles. The number of rotatable bonds is 3. The Morgan fingerprint density at radius 1 is 1.15 bits per heavy atom. The normalized spacial score (nSPS) is 20.5. The molecule has 1 amide bonds. The largest absolute Gasteiger partial charge is 0.448 e. The van der Waals surface area contributed by atoms with Crippen LogP contribution in [-0.4, -0.2) is 42.3 Å². The van der Waals surface area contributed by atoms with Crippen LogP contribution in [0.15, 0.2) is 48.5 Å². The van der Waals surface area contributed by atoms with Crippen LogP contribution in [0.25, 0.3) is 11.1 Å². The van der Waals surface area contributed by atoms with Crippen molar-refractivity contribution in [3.8, 4) is 11.1 Å². The molecule has 1 heterocycles. The lowest BCUT2D eigenvalue weighted by Gasteiger charge is -2.31. The molecule has 1 fully saturated rings. The highest BCUT2D eigenvalue weighted by Crippen LogP contribution is 2.44. The quantitative estimate of drug-likeness (QED) is 0.793. The van der Waals surface area contributed by atoms with Gasteiger partial charge in [-0.15, -0.1) is 0 Å². The van der Waals surface area contributed by atoms with E-state index in [1.54, 1.807) is 13.8 Å². The molecular formula is C21H21NO4. The van der Waals surface area contributed by atoms with Crippen molar-refractivity contribution in [3.63, 3.8) is 0 Å². The van der Waals surface area contributed by atoms with E-state index in [-0.39, 0.29) is 19.1 Å². The van der Waals surface area contributed by atoms with Gasteiger partial charge in [0.1, 0.15) is 24.7 Å². The highest BCUT2D eigenvalue weighted by Gasteiger charge is 2.45. The minimum Gasteiger partial charge on any atom is -0.448 e. The second-order valence-electron chi connectivity index (χ2n) is 7.14. The third kappa shape index (κ3) is 2.59. The van der Waals surface area contributed by atoms with Crippen LogP contribution in [0, 0.1) is 0 Å². The maximum Gasteiger partial charge on any atom is 0.412 e. The number of carbonyl (C=O) groups excluding carboxylic acids is 2. The van der Waals surface area contributed by atoms with E-state index in [1.165, 1.54) is 16.0 Å². The zero-order chi connectivity index (χ0) is 18.3. The van der Waals surface area contributed by atoms with Crippen molar-refractivity contribution in [1.82, 2.24) is 4.90 Å². The number of hydrogen-bond acceptors (Lipinski definition) is 4. The Balaban J connectivity index is 1.57. The third-order valence-corrected chi connectivity index (χ3v) is 5.21. The van der Waals surface area contributed by atoms with Gasteiger partial charge >= 0.3 is 6.09 Å². The molecule has 1 aliphatic carbocycles. The van der Waals surface area contributed by atoms with Crippen LogP contribution in [0.1, 0.15) is 30.9 Å². The molecule has 5 heteroatoms. The summed E-state index contributed by atoms with van der Waals surface area (Å²) in [5.74, 6) is -0.00679. The van der Waals surface area contributed by atoms with Crippen LogP contribution in [0.2, 0.25) is 0 Å². The maximum absolute atomic E-state index is 12.7. The van der Waals surface area contributed by atoms with Crippen molar-refractivity contribution in [1.29, 1.82) is 0 Å². The molecule has 2 aromatic carbocycles. The summed E-state index contributed by atoms with van der Waals surface area (Å²) < 4.78 is 11.2. The SMILES string of the molecule is CC1(C)OC[C@H](C=O)N1C(=O)OCC1c2ccccc2-c2ccccc21. The zero-order valence-corrected chi connectivity index (χ0v) is 14.8. The average Bonchev–Trinajstić information content (AvgIpc) is 3.13. The van der Waals surface area contributed by atoms with E-state index in [0.717, 1.165) is 17.4 Å². The predicted octanol–water partition coefficient (Wildman–Crippen LogP) is 3.57.